The van der Waals surface area contributed by atoms with Gasteiger partial charge in [-0.05, 0) is 65.7 Å². The van der Waals surface area contributed by atoms with Crippen LogP contribution in [0.5, 0.6) is 0 Å². The predicted octanol–water partition coefficient (Wildman–Crippen LogP) is 13.8. The normalized spacial score (nSPS) is 12.0. The van der Waals surface area contributed by atoms with Crippen molar-refractivity contribution in [3.05, 3.63) is 220 Å². The highest BCUT2D eigenvalue weighted by molar-refractivity contribution is 6.16. The van der Waals surface area contributed by atoms with Crippen molar-refractivity contribution in [2.45, 2.75) is 0 Å². The third kappa shape index (κ3) is 5.32. The fraction of sp³-hybridized carbons (Fsp3) is 0. The molecule has 0 saturated heterocycles. The summed E-state index contributed by atoms with van der Waals surface area (Å²) in [6.07, 6.45) is 19.2. The number of aromatic nitrogens is 10. The van der Waals surface area contributed by atoms with E-state index in [-0.39, 0.29) is 0 Å². The van der Waals surface area contributed by atoms with E-state index in [1.54, 1.807) is 0 Å². The van der Waals surface area contributed by atoms with E-state index >= 15 is 0 Å². The van der Waals surface area contributed by atoms with E-state index in [1.165, 1.54) is 0 Å². The quantitative estimate of drug-likeness (QED) is 0.165. The average Bonchev–Trinajstić information content (AvgIpc) is 4.16. The van der Waals surface area contributed by atoms with Crippen LogP contribution in [-0.2, 0) is 0 Å². The van der Waals surface area contributed by atoms with Crippen LogP contribution in [0.1, 0.15) is 0 Å². The second kappa shape index (κ2) is 14.9. The molecule has 326 valence electrons. The minimum absolute atomic E-state index is 0.731. The maximum Gasteiger partial charge on any atom is 0.165 e. The van der Waals surface area contributed by atoms with Crippen molar-refractivity contribution in [2.75, 3.05) is 0 Å². The summed E-state index contributed by atoms with van der Waals surface area (Å²) in [5, 5.41) is 8.43. The Morgan fingerprint density at radius 1 is 0.257 bits per heavy atom. The molecule has 10 heterocycles. The summed E-state index contributed by atoms with van der Waals surface area (Å²) in [4.78, 5) is 29.8. The van der Waals surface area contributed by atoms with Gasteiger partial charge in [-0.2, -0.15) is 0 Å². The topological polar surface area (TPSA) is 97.1 Å². The van der Waals surface area contributed by atoms with E-state index < -0.39 is 0 Å². The highest BCUT2D eigenvalue weighted by Crippen LogP contribution is 2.50. The summed E-state index contributed by atoms with van der Waals surface area (Å²) in [6.45, 7) is 0. The first-order chi connectivity index (χ1) is 34.8. The average molecular weight is 897 g/mol. The molecule has 0 aliphatic carbocycles. The maximum absolute atomic E-state index is 6.29. The second-order valence-corrected chi connectivity index (χ2v) is 17.6. The standard InChI is InChI=1S/C60H36N10/c1-2-18-43(38(13-1)37-12-11-27-61-32-37)56-57(67-48-19-7-3-14-39(48)44-33-62-28-23-52(44)67)59(69-50-21-9-5-16-41(50)46-35-64-30-25-54(46)69)66-60(70-51-22-10-6-17-42(51)47-36-65-31-26-55(47)70)58(56)68-49-20-8-4-15-40(49)45-34-63-29-24-53(45)68/h1-36H. The zero-order valence-corrected chi connectivity index (χ0v) is 37.3. The van der Waals surface area contributed by atoms with Crippen LogP contribution in [-0.4, -0.2) is 48.2 Å². The van der Waals surface area contributed by atoms with Gasteiger partial charge in [0.2, 0.25) is 0 Å². The largest absolute Gasteiger partial charge is 0.305 e. The molecule has 15 aromatic rings. The molecule has 15 rings (SSSR count). The van der Waals surface area contributed by atoms with Gasteiger partial charge in [0.15, 0.2) is 11.6 Å². The van der Waals surface area contributed by atoms with Gasteiger partial charge in [0.05, 0.1) is 44.1 Å². The molecule has 70 heavy (non-hydrogen) atoms. The molecule has 0 N–H and O–H groups in total. The summed E-state index contributed by atoms with van der Waals surface area (Å²) < 4.78 is 9.53. The molecule has 0 aliphatic rings. The minimum Gasteiger partial charge on any atom is -0.305 e. The number of pyridine rings is 6. The van der Waals surface area contributed by atoms with Gasteiger partial charge in [-0.1, -0.05) is 103 Å². The summed E-state index contributed by atoms with van der Waals surface area (Å²) >= 11 is 0. The number of fused-ring (bicyclic) bond motifs is 12. The highest BCUT2D eigenvalue weighted by atomic mass is 15.2. The lowest BCUT2D eigenvalue weighted by molar-refractivity contribution is 0.960. The lowest BCUT2D eigenvalue weighted by Gasteiger charge is -2.27. The van der Waals surface area contributed by atoms with Crippen LogP contribution in [0.3, 0.4) is 0 Å². The minimum atomic E-state index is 0.731. The van der Waals surface area contributed by atoms with Gasteiger partial charge in [0.1, 0.15) is 11.4 Å². The van der Waals surface area contributed by atoms with Gasteiger partial charge in [0.25, 0.3) is 0 Å². The number of hydrogen-bond acceptors (Lipinski definition) is 6. The molecule has 0 fully saturated rings. The molecule has 10 heteroatoms. The second-order valence-electron chi connectivity index (χ2n) is 17.6. The Morgan fingerprint density at radius 2 is 0.600 bits per heavy atom. The first kappa shape index (κ1) is 38.3. The van der Waals surface area contributed by atoms with E-state index in [1.807, 2.05) is 68.0 Å². The molecule has 0 aliphatic heterocycles. The Balaban J connectivity index is 1.30. The summed E-state index contributed by atoms with van der Waals surface area (Å²) in [6, 6.07) is 55.8. The van der Waals surface area contributed by atoms with Gasteiger partial charge < -0.3 is 9.13 Å². The van der Waals surface area contributed by atoms with Crippen LogP contribution in [0.25, 0.3) is 132 Å². The van der Waals surface area contributed by atoms with Crippen molar-refractivity contribution >= 4 is 87.2 Å². The van der Waals surface area contributed by atoms with Gasteiger partial charge in [0, 0.05) is 116 Å². The van der Waals surface area contributed by atoms with Crippen molar-refractivity contribution in [2.24, 2.45) is 0 Å². The lowest BCUT2D eigenvalue weighted by atomic mass is 9.92. The van der Waals surface area contributed by atoms with Crippen molar-refractivity contribution in [3.63, 3.8) is 0 Å². The highest BCUT2D eigenvalue weighted by Gasteiger charge is 2.33. The maximum atomic E-state index is 6.29. The summed E-state index contributed by atoms with van der Waals surface area (Å²) in [5.74, 6) is 1.46. The van der Waals surface area contributed by atoms with Crippen molar-refractivity contribution < 1.29 is 0 Å². The monoisotopic (exact) mass is 896 g/mol. The zero-order valence-electron chi connectivity index (χ0n) is 37.3. The lowest BCUT2D eigenvalue weighted by Crippen LogP contribution is -2.16. The number of para-hydroxylation sites is 4. The fourth-order valence-electron chi connectivity index (χ4n) is 11.2. The van der Waals surface area contributed by atoms with Crippen LogP contribution in [0.2, 0.25) is 0 Å². The number of nitrogens with zero attached hydrogens (tertiary/aromatic N) is 10. The third-order valence-electron chi connectivity index (χ3n) is 14.0. The van der Waals surface area contributed by atoms with E-state index in [4.69, 9.17) is 29.9 Å². The Bertz CT molecular complexity index is 4150. The molecule has 0 saturated carbocycles. The van der Waals surface area contributed by atoms with E-state index in [2.05, 4.69) is 170 Å². The Labute approximate surface area is 398 Å². The Kier molecular flexibility index (Phi) is 8.13. The van der Waals surface area contributed by atoms with E-state index in [9.17, 15) is 0 Å². The number of hydrogen-bond donors (Lipinski definition) is 0. The molecule has 0 bridgehead atoms. The molecular weight excluding hydrogens is 861 g/mol. The third-order valence-corrected chi connectivity index (χ3v) is 14.0. The summed E-state index contributed by atoms with van der Waals surface area (Å²) in [7, 11) is 0. The molecule has 10 nitrogen and oxygen atoms in total. The fourth-order valence-corrected chi connectivity index (χ4v) is 11.2. The molecule has 0 amide bonds. The van der Waals surface area contributed by atoms with Gasteiger partial charge in [-0.3, -0.25) is 34.1 Å². The van der Waals surface area contributed by atoms with Crippen molar-refractivity contribution in [3.8, 4) is 45.3 Å². The Hall–Kier alpha value is -9.80. The summed E-state index contributed by atoms with van der Waals surface area (Å²) in [5.41, 5.74) is 13.7. The van der Waals surface area contributed by atoms with Crippen LogP contribution in [0.15, 0.2) is 220 Å². The molecule has 5 aromatic carbocycles. The van der Waals surface area contributed by atoms with Crippen LogP contribution in [0.4, 0.5) is 0 Å². The van der Waals surface area contributed by atoms with E-state index in [0.717, 1.165) is 132 Å². The molecule has 0 radical (unpaired) electrons. The van der Waals surface area contributed by atoms with Crippen molar-refractivity contribution in [1.29, 1.82) is 0 Å². The van der Waals surface area contributed by atoms with Gasteiger partial charge in [-0.15, -0.1) is 0 Å². The van der Waals surface area contributed by atoms with Gasteiger partial charge in [-0.25, -0.2) is 4.98 Å². The zero-order chi connectivity index (χ0) is 45.9. The smallest absolute Gasteiger partial charge is 0.165 e. The molecule has 0 spiro atoms. The SMILES string of the molecule is c1cncc(-c2ccccc2-c2c(-n3c4ccccc4c4cnccc43)c(-n3c4ccccc4c4cnccc43)nc(-n3c4ccccc4c4cnccc43)c2-n2c3ccccc3c3cnccc32)c1. The van der Waals surface area contributed by atoms with Crippen LogP contribution >= 0.6 is 0 Å². The molecule has 0 unspecified atom stereocenters. The van der Waals surface area contributed by atoms with Gasteiger partial charge >= 0.3 is 0 Å². The number of benzene rings is 5. The van der Waals surface area contributed by atoms with Crippen LogP contribution < -0.4 is 0 Å². The molecule has 10 aromatic heterocycles. The Morgan fingerprint density at radius 3 is 1.01 bits per heavy atom. The predicted molar refractivity (Wildman–Crippen MR) is 281 cm³/mol. The number of rotatable bonds is 6. The molecule has 0 atom stereocenters. The van der Waals surface area contributed by atoms with E-state index in [0.29, 0.717) is 0 Å². The first-order valence-corrected chi connectivity index (χ1v) is 23.2. The van der Waals surface area contributed by atoms with Crippen molar-refractivity contribution in [1.82, 2.24) is 48.2 Å². The molecular formula is C60H36N10. The first-order valence-electron chi connectivity index (χ1n) is 23.2. The van der Waals surface area contributed by atoms with Crippen LogP contribution in [0, 0.1) is 0 Å².